The highest BCUT2D eigenvalue weighted by Crippen LogP contribution is 2.17. The molecule has 1 saturated heterocycles. The third-order valence-electron chi connectivity index (χ3n) is 4.67. The van der Waals surface area contributed by atoms with Gasteiger partial charge in [0.05, 0.1) is 26.4 Å². The van der Waals surface area contributed by atoms with Crippen molar-refractivity contribution in [2.24, 2.45) is 4.99 Å². The molecule has 2 N–H and O–H groups in total. The number of hydrogen-bond acceptors (Lipinski definition) is 5. The highest BCUT2D eigenvalue weighted by Gasteiger charge is 2.20. The Hall–Kier alpha value is -1.86. The molecule has 1 aromatic rings. The number of piperidine rings is 1. The molecule has 0 bridgehead atoms. The lowest BCUT2D eigenvalue weighted by Gasteiger charge is -2.33. The molecule has 0 atom stereocenters. The van der Waals surface area contributed by atoms with Gasteiger partial charge in [-0.25, -0.2) is 4.98 Å². The molecule has 0 saturated carbocycles. The van der Waals surface area contributed by atoms with Crippen molar-refractivity contribution in [1.82, 2.24) is 15.6 Å². The Bertz CT molecular complexity index is 533. The maximum Gasteiger partial charge on any atom is 0.191 e. The van der Waals surface area contributed by atoms with Gasteiger partial charge in [0.25, 0.3) is 0 Å². The molecule has 158 valence electrons. The number of hydrogen-bond donors (Lipinski definition) is 2. The molecule has 1 aromatic heterocycles. The first kappa shape index (κ1) is 22.4. The molecule has 1 aliphatic rings. The lowest BCUT2D eigenvalue weighted by molar-refractivity contribution is 0.0497. The Morgan fingerprint density at radius 2 is 1.93 bits per heavy atom. The first-order valence-corrected chi connectivity index (χ1v) is 10.7. The van der Waals surface area contributed by atoms with Gasteiger partial charge in [0.2, 0.25) is 0 Å². The molecule has 0 amide bonds. The summed E-state index contributed by atoms with van der Waals surface area (Å²) in [5, 5.41) is 6.90. The molecule has 28 heavy (non-hydrogen) atoms. The second-order valence-corrected chi connectivity index (χ2v) is 6.93. The van der Waals surface area contributed by atoms with Crippen LogP contribution < -0.4 is 15.5 Å². The van der Waals surface area contributed by atoms with Crippen molar-refractivity contribution < 1.29 is 9.47 Å². The van der Waals surface area contributed by atoms with E-state index in [4.69, 9.17) is 9.47 Å². The Morgan fingerprint density at radius 1 is 1.14 bits per heavy atom. The van der Waals surface area contributed by atoms with Crippen LogP contribution in [0.4, 0.5) is 5.82 Å². The smallest absolute Gasteiger partial charge is 0.191 e. The van der Waals surface area contributed by atoms with Crippen LogP contribution in [0.15, 0.2) is 29.4 Å². The molecule has 0 aliphatic carbocycles. The SMILES string of the molecule is CCCCOCCOCCN=C(NCC)NC1CCN(c2ccccn2)CC1. The summed E-state index contributed by atoms with van der Waals surface area (Å²) in [4.78, 5) is 11.4. The second kappa shape index (κ2) is 14.2. The monoisotopic (exact) mass is 391 g/mol. The normalized spacial score (nSPS) is 15.6. The second-order valence-electron chi connectivity index (χ2n) is 6.93. The predicted molar refractivity (Wildman–Crippen MR) is 115 cm³/mol. The quantitative estimate of drug-likeness (QED) is 0.324. The van der Waals surface area contributed by atoms with E-state index in [2.05, 4.69) is 45.4 Å². The third-order valence-corrected chi connectivity index (χ3v) is 4.67. The Balaban J connectivity index is 1.63. The first-order chi connectivity index (χ1) is 13.8. The molecule has 0 radical (unpaired) electrons. The van der Waals surface area contributed by atoms with Gasteiger partial charge in [0.1, 0.15) is 5.82 Å². The van der Waals surface area contributed by atoms with E-state index in [0.717, 1.165) is 63.7 Å². The molecule has 0 spiro atoms. The molecule has 2 rings (SSSR count). The van der Waals surface area contributed by atoms with Crippen molar-refractivity contribution in [2.75, 3.05) is 57.5 Å². The van der Waals surface area contributed by atoms with Crippen LogP contribution in [0, 0.1) is 0 Å². The third kappa shape index (κ3) is 8.89. The number of nitrogens with one attached hydrogen (secondary N) is 2. The van der Waals surface area contributed by atoms with E-state index in [0.29, 0.717) is 32.4 Å². The molecule has 7 nitrogen and oxygen atoms in total. The number of guanidine groups is 1. The predicted octanol–water partition coefficient (Wildman–Crippen LogP) is 2.44. The van der Waals surface area contributed by atoms with Crippen LogP contribution in [0.5, 0.6) is 0 Å². The molecular formula is C21H37N5O2. The van der Waals surface area contributed by atoms with E-state index >= 15 is 0 Å². The zero-order chi connectivity index (χ0) is 19.9. The van der Waals surface area contributed by atoms with E-state index in [1.54, 1.807) is 0 Å². The average molecular weight is 392 g/mol. The van der Waals surface area contributed by atoms with E-state index in [1.807, 2.05) is 18.3 Å². The largest absolute Gasteiger partial charge is 0.379 e. The maximum atomic E-state index is 5.59. The standard InChI is InChI=1S/C21H37N5O2/c1-3-5-15-27-17-18-28-16-12-24-21(22-4-2)25-19-9-13-26(14-10-19)20-8-6-7-11-23-20/h6-8,11,19H,3-5,9-10,12-18H2,1-2H3,(H2,22,24,25). The van der Waals surface area contributed by atoms with Crippen LogP contribution in [0.25, 0.3) is 0 Å². The topological polar surface area (TPSA) is 71.0 Å². The summed E-state index contributed by atoms with van der Waals surface area (Å²) in [6.45, 7) is 10.5. The summed E-state index contributed by atoms with van der Waals surface area (Å²) in [5.41, 5.74) is 0. The summed E-state index contributed by atoms with van der Waals surface area (Å²) < 4.78 is 11.1. The fourth-order valence-corrected chi connectivity index (χ4v) is 3.10. The Labute approximate surface area is 169 Å². The molecule has 2 heterocycles. The molecule has 7 heteroatoms. The summed E-state index contributed by atoms with van der Waals surface area (Å²) in [6.07, 6.45) is 6.29. The van der Waals surface area contributed by atoms with Crippen molar-refractivity contribution in [1.29, 1.82) is 0 Å². The van der Waals surface area contributed by atoms with Crippen molar-refractivity contribution in [3.8, 4) is 0 Å². The summed E-state index contributed by atoms with van der Waals surface area (Å²) in [7, 11) is 0. The zero-order valence-corrected chi connectivity index (χ0v) is 17.5. The number of unbranched alkanes of at least 4 members (excludes halogenated alkanes) is 1. The fourth-order valence-electron chi connectivity index (χ4n) is 3.10. The molecular weight excluding hydrogens is 354 g/mol. The number of nitrogens with zero attached hydrogens (tertiary/aromatic N) is 3. The lowest BCUT2D eigenvalue weighted by Crippen LogP contribution is -2.49. The van der Waals surface area contributed by atoms with E-state index in [9.17, 15) is 0 Å². The average Bonchev–Trinajstić information content (AvgIpc) is 2.74. The number of pyridine rings is 1. The van der Waals surface area contributed by atoms with Gasteiger partial charge in [0, 0.05) is 38.5 Å². The van der Waals surface area contributed by atoms with Crippen molar-refractivity contribution in [3.05, 3.63) is 24.4 Å². The fraction of sp³-hybridized carbons (Fsp3) is 0.714. The maximum absolute atomic E-state index is 5.59. The molecule has 0 unspecified atom stereocenters. The highest BCUT2D eigenvalue weighted by molar-refractivity contribution is 5.80. The van der Waals surface area contributed by atoms with Gasteiger partial charge in [-0.05, 0) is 38.3 Å². The van der Waals surface area contributed by atoms with E-state index in [-0.39, 0.29) is 0 Å². The van der Waals surface area contributed by atoms with Crippen LogP contribution in [-0.4, -0.2) is 69.6 Å². The van der Waals surface area contributed by atoms with E-state index < -0.39 is 0 Å². The first-order valence-electron chi connectivity index (χ1n) is 10.7. The van der Waals surface area contributed by atoms with Gasteiger partial charge in [-0.1, -0.05) is 19.4 Å². The highest BCUT2D eigenvalue weighted by atomic mass is 16.5. The number of aliphatic imine (C=N–C) groups is 1. The summed E-state index contributed by atoms with van der Waals surface area (Å²) >= 11 is 0. The molecule has 0 aromatic carbocycles. The van der Waals surface area contributed by atoms with Crippen LogP contribution in [0.1, 0.15) is 39.5 Å². The van der Waals surface area contributed by atoms with Gasteiger partial charge in [-0.15, -0.1) is 0 Å². The number of ether oxygens (including phenoxy) is 2. The van der Waals surface area contributed by atoms with Gasteiger partial charge in [-0.2, -0.15) is 0 Å². The molecule has 1 aliphatic heterocycles. The summed E-state index contributed by atoms with van der Waals surface area (Å²) in [5.74, 6) is 1.94. The van der Waals surface area contributed by atoms with Crippen molar-refractivity contribution >= 4 is 11.8 Å². The van der Waals surface area contributed by atoms with Crippen LogP contribution in [-0.2, 0) is 9.47 Å². The van der Waals surface area contributed by atoms with Crippen molar-refractivity contribution in [3.63, 3.8) is 0 Å². The van der Waals surface area contributed by atoms with Crippen LogP contribution in [0.2, 0.25) is 0 Å². The zero-order valence-electron chi connectivity index (χ0n) is 17.5. The number of anilines is 1. The number of aromatic nitrogens is 1. The van der Waals surface area contributed by atoms with E-state index in [1.165, 1.54) is 0 Å². The Kier molecular flexibility index (Phi) is 11.4. The lowest BCUT2D eigenvalue weighted by atomic mass is 10.1. The van der Waals surface area contributed by atoms with Gasteiger partial charge < -0.3 is 25.0 Å². The van der Waals surface area contributed by atoms with Crippen molar-refractivity contribution in [2.45, 2.75) is 45.6 Å². The van der Waals surface area contributed by atoms with Crippen LogP contribution >= 0.6 is 0 Å². The van der Waals surface area contributed by atoms with Gasteiger partial charge >= 0.3 is 0 Å². The molecule has 1 fully saturated rings. The van der Waals surface area contributed by atoms with Gasteiger partial charge in [-0.3, -0.25) is 4.99 Å². The van der Waals surface area contributed by atoms with Gasteiger partial charge in [0.15, 0.2) is 5.96 Å². The van der Waals surface area contributed by atoms with Crippen LogP contribution in [0.3, 0.4) is 0 Å². The Morgan fingerprint density at radius 3 is 2.61 bits per heavy atom. The summed E-state index contributed by atoms with van der Waals surface area (Å²) in [6, 6.07) is 6.52. The minimum absolute atomic E-state index is 0.436. The number of rotatable bonds is 12. The minimum atomic E-state index is 0.436. The minimum Gasteiger partial charge on any atom is -0.379 e.